The maximum atomic E-state index is 12.1. The van der Waals surface area contributed by atoms with E-state index in [1.54, 1.807) is 30.8 Å². The normalized spacial score (nSPS) is 15.6. The Morgan fingerprint density at radius 1 is 1.16 bits per heavy atom. The van der Waals surface area contributed by atoms with Gasteiger partial charge in [-0.3, -0.25) is 14.4 Å². The lowest BCUT2D eigenvalue weighted by Gasteiger charge is -2.17. The van der Waals surface area contributed by atoms with E-state index in [-0.39, 0.29) is 30.6 Å². The highest BCUT2D eigenvalue weighted by atomic mass is 32.2. The Balaban J connectivity index is 1.73. The van der Waals surface area contributed by atoms with Gasteiger partial charge in [-0.1, -0.05) is 25.0 Å². The van der Waals surface area contributed by atoms with Gasteiger partial charge in [0.2, 0.25) is 0 Å². The first-order valence-corrected chi connectivity index (χ1v) is 9.89. The van der Waals surface area contributed by atoms with Gasteiger partial charge < -0.3 is 10.1 Å². The number of esters is 1. The molecule has 0 aliphatic heterocycles. The minimum absolute atomic E-state index is 0.0236. The van der Waals surface area contributed by atoms with Crippen LogP contribution < -0.4 is 5.32 Å². The van der Waals surface area contributed by atoms with Crippen LogP contribution in [0.3, 0.4) is 0 Å². The summed E-state index contributed by atoms with van der Waals surface area (Å²) in [6, 6.07) is 7.48. The van der Waals surface area contributed by atoms with Crippen molar-refractivity contribution in [1.29, 1.82) is 0 Å². The summed E-state index contributed by atoms with van der Waals surface area (Å²) in [5.74, 6) is -0.893. The molecule has 1 aromatic carbocycles. The Morgan fingerprint density at radius 2 is 1.80 bits per heavy atom. The van der Waals surface area contributed by atoms with Crippen LogP contribution in [0.4, 0.5) is 0 Å². The van der Waals surface area contributed by atoms with Crippen molar-refractivity contribution in [3.8, 4) is 0 Å². The number of thioether (sulfide) groups is 1. The van der Waals surface area contributed by atoms with Gasteiger partial charge in [-0.15, -0.1) is 11.8 Å². The van der Waals surface area contributed by atoms with Crippen LogP contribution in [0.1, 0.15) is 55.8 Å². The summed E-state index contributed by atoms with van der Waals surface area (Å²) in [6.07, 6.45) is 5.41. The fraction of sp³-hybridized carbons (Fsp3) is 0.526. The summed E-state index contributed by atoms with van der Waals surface area (Å²) in [6.45, 7) is 1.56. The molecule has 1 amide bonds. The minimum atomic E-state index is -0.830. The molecule has 1 atom stereocenters. The van der Waals surface area contributed by atoms with Gasteiger partial charge in [0, 0.05) is 22.9 Å². The molecule has 1 aliphatic rings. The number of nitrogens with one attached hydrogen (secondary N) is 1. The third kappa shape index (κ3) is 6.20. The van der Waals surface area contributed by atoms with Crippen molar-refractivity contribution >= 4 is 29.4 Å². The van der Waals surface area contributed by atoms with Crippen molar-refractivity contribution in [2.24, 2.45) is 0 Å². The molecule has 0 bridgehead atoms. The van der Waals surface area contributed by atoms with Crippen molar-refractivity contribution in [3.63, 3.8) is 0 Å². The number of hydrogen-bond acceptors (Lipinski definition) is 5. The van der Waals surface area contributed by atoms with Crippen molar-refractivity contribution in [1.82, 2.24) is 5.32 Å². The highest BCUT2D eigenvalue weighted by Crippen LogP contribution is 2.18. The first-order chi connectivity index (χ1) is 12.0. The van der Waals surface area contributed by atoms with Crippen molar-refractivity contribution in [2.45, 2.75) is 62.5 Å². The van der Waals surface area contributed by atoms with Crippen LogP contribution in [0.5, 0.6) is 0 Å². The Bertz CT molecular complexity index is 608. The molecule has 1 N–H and O–H groups in total. The maximum Gasteiger partial charge on any atom is 0.307 e. The molecule has 0 spiro atoms. The Hall–Kier alpha value is -1.82. The predicted molar refractivity (Wildman–Crippen MR) is 97.7 cm³/mol. The third-order valence-electron chi connectivity index (χ3n) is 4.35. The molecule has 1 saturated carbocycles. The number of hydrogen-bond donors (Lipinski definition) is 1. The number of ketones is 1. The summed E-state index contributed by atoms with van der Waals surface area (Å²) in [5.41, 5.74) is 0.581. The van der Waals surface area contributed by atoms with E-state index in [1.807, 2.05) is 18.4 Å². The van der Waals surface area contributed by atoms with Gasteiger partial charge >= 0.3 is 5.97 Å². The average molecular weight is 363 g/mol. The van der Waals surface area contributed by atoms with Crippen LogP contribution in [0.25, 0.3) is 0 Å². The van der Waals surface area contributed by atoms with Gasteiger partial charge in [0.25, 0.3) is 5.91 Å². The van der Waals surface area contributed by atoms with E-state index in [0.717, 1.165) is 30.6 Å². The summed E-state index contributed by atoms with van der Waals surface area (Å²) in [7, 11) is 0. The lowest BCUT2D eigenvalue weighted by molar-refractivity contribution is -0.155. The predicted octanol–water partition coefficient (Wildman–Crippen LogP) is 3.36. The van der Waals surface area contributed by atoms with Crippen molar-refractivity contribution in [2.75, 3.05) is 6.26 Å². The monoisotopic (exact) mass is 363 g/mol. The second-order valence-corrected chi connectivity index (χ2v) is 7.15. The van der Waals surface area contributed by atoms with E-state index in [2.05, 4.69) is 5.32 Å². The molecule has 0 unspecified atom stereocenters. The number of carbonyl (C=O) groups is 3. The van der Waals surface area contributed by atoms with Crippen molar-refractivity contribution < 1.29 is 19.1 Å². The molecule has 5 nitrogen and oxygen atoms in total. The molecule has 0 radical (unpaired) electrons. The quantitative estimate of drug-likeness (QED) is 0.436. The molecule has 1 aliphatic carbocycles. The van der Waals surface area contributed by atoms with Crippen LogP contribution in [0, 0.1) is 0 Å². The molecule has 6 heteroatoms. The molecule has 0 heterocycles. The minimum Gasteiger partial charge on any atom is -0.453 e. The lowest BCUT2D eigenvalue weighted by Crippen LogP contribution is -2.40. The van der Waals surface area contributed by atoms with Crippen LogP contribution in [0.2, 0.25) is 0 Å². The van der Waals surface area contributed by atoms with E-state index in [1.165, 1.54) is 0 Å². The Morgan fingerprint density at radius 3 is 2.40 bits per heavy atom. The van der Waals surface area contributed by atoms with E-state index >= 15 is 0 Å². The van der Waals surface area contributed by atoms with Gasteiger partial charge in [-0.2, -0.15) is 0 Å². The lowest BCUT2D eigenvalue weighted by atomic mass is 10.1. The van der Waals surface area contributed by atoms with Gasteiger partial charge in [0.05, 0.1) is 6.42 Å². The summed E-state index contributed by atoms with van der Waals surface area (Å²) >= 11 is 1.60. The van der Waals surface area contributed by atoms with E-state index < -0.39 is 12.1 Å². The maximum absolute atomic E-state index is 12.1. The van der Waals surface area contributed by atoms with Crippen LogP contribution in [-0.2, 0) is 14.3 Å². The molecule has 1 aromatic rings. The zero-order valence-electron chi connectivity index (χ0n) is 14.7. The second kappa shape index (κ2) is 9.61. The number of rotatable bonds is 8. The van der Waals surface area contributed by atoms with Gasteiger partial charge in [-0.05, 0) is 38.2 Å². The fourth-order valence-corrected chi connectivity index (χ4v) is 3.24. The molecule has 1 fully saturated rings. The molecule has 136 valence electrons. The number of Topliss-reactive ketones (excluding diaryl/α,β-unsaturated/α-hetero) is 1. The molecular weight excluding hydrogens is 338 g/mol. The fourth-order valence-electron chi connectivity index (χ4n) is 2.84. The topological polar surface area (TPSA) is 72.5 Å². The standard InChI is InChI=1S/C19H25NO4S/c1-13(19(23)20-15-5-3-4-6-15)24-18(22)12-11-17(21)14-7-9-16(25-2)10-8-14/h7-10,13,15H,3-6,11-12H2,1-2H3,(H,20,23)/t13-/m0/s1. The molecule has 0 aromatic heterocycles. The van der Waals surface area contributed by atoms with Gasteiger partial charge in [-0.25, -0.2) is 0 Å². The summed E-state index contributed by atoms with van der Waals surface area (Å²) in [5, 5.41) is 2.90. The van der Waals surface area contributed by atoms with E-state index in [0.29, 0.717) is 5.56 Å². The Kier molecular flexibility index (Phi) is 7.50. The first-order valence-electron chi connectivity index (χ1n) is 8.66. The highest BCUT2D eigenvalue weighted by molar-refractivity contribution is 7.98. The van der Waals surface area contributed by atoms with E-state index in [9.17, 15) is 14.4 Å². The van der Waals surface area contributed by atoms with Crippen LogP contribution in [0.15, 0.2) is 29.2 Å². The first kappa shape index (κ1) is 19.5. The Labute approximate surface area is 152 Å². The zero-order chi connectivity index (χ0) is 18.2. The van der Waals surface area contributed by atoms with E-state index in [4.69, 9.17) is 4.74 Å². The number of benzene rings is 1. The molecule has 2 rings (SSSR count). The number of amides is 1. The van der Waals surface area contributed by atoms with Crippen LogP contribution >= 0.6 is 11.8 Å². The highest BCUT2D eigenvalue weighted by Gasteiger charge is 2.23. The zero-order valence-corrected chi connectivity index (χ0v) is 15.6. The summed E-state index contributed by atoms with van der Waals surface area (Å²) < 4.78 is 5.14. The van der Waals surface area contributed by atoms with Crippen molar-refractivity contribution in [3.05, 3.63) is 29.8 Å². The largest absolute Gasteiger partial charge is 0.453 e. The van der Waals surface area contributed by atoms with Gasteiger partial charge in [0.1, 0.15) is 0 Å². The smallest absolute Gasteiger partial charge is 0.307 e. The molecule has 25 heavy (non-hydrogen) atoms. The average Bonchev–Trinajstić information content (AvgIpc) is 3.12. The molecule has 0 saturated heterocycles. The number of ether oxygens (including phenoxy) is 1. The summed E-state index contributed by atoms with van der Waals surface area (Å²) in [4.78, 5) is 37.1. The van der Waals surface area contributed by atoms with Crippen LogP contribution in [-0.4, -0.2) is 36.1 Å². The van der Waals surface area contributed by atoms with Gasteiger partial charge in [0.15, 0.2) is 11.9 Å². The SMILES string of the molecule is CSc1ccc(C(=O)CCC(=O)O[C@@H](C)C(=O)NC2CCCC2)cc1. The molecular formula is C19H25NO4S. The second-order valence-electron chi connectivity index (χ2n) is 6.27. The number of carbonyl (C=O) groups excluding carboxylic acids is 3. The third-order valence-corrected chi connectivity index (χ3v) is 5.09.